The zero-order chi connectivity index (χ0) is 9.42. The highest BCUT2D eigenvalue weighted by atomic mass is 35.5. The number of rotatable bonds is 1. The van der Waals surface area contributed by atoms with Crippen molar-refractivity contribution in [3.05, 3.63) is 29.6 Å². The number of nitrogens with one attached hydrogen (secondary N) is 1. The lowest BCUT2D eigenvalue weighted by Crippen LogP contribution is -1.88. The van der Waals surface area contributed by atoms with E-state index in [0.29, 0.717) is 5.82 Å². The van der Waals surface area contributed by atoms with E-state index in [1.807, 2.05) is 25.1 Å². The number of hydrogen-bond acceptors (Lipinski definition) is 2. The van der Waals surface area contributed by atoms with Gasteiger partial charge in [-0.1, -0.05) is 29.9 Å². The van der Waals surface area contributed by atoms with Crippen LogP contribution in [0.15, 0.2) is 18.2 Å². The molecule has 0 fully saturated rings. The number of halogens is 1. The summed E-state index contributed by atoms with van der Waals surface area (Å²) in [5.74, 6) is 0.567. The number of hydrogen-bond donors (Lipinski definition) is 1. The highest BCUT2D eigenvalue weighted by molar-refractivity contribution is 7.83. The normalized spacial score (nSPS) is 10.6. The summed E-state index contributed by atoms with van der Waals surface area (Å²) in [5, 5.41) is 0. The monoisotopic (exact) mass is 210 g/mol. The van der Waals surface area contributed by atoms with Gasteiger partial charge in [-0.2, -0.15) is 0 Å². The minimum absolute atomic E-state index is 0.272. The molecule has 0 aliphatic carbocycles. The Labute approximate surface area is 85.9 Å². The summed E-state index contributed by atoms with van der Waals surface area (Å²) in [6.45, 7) is 2.03. The van der Waals surface area contributed by atoms with E-state index in [0.717, 1.165) is 11.0 Å². The average Bonchev–Trinajstić information content (AvgIpc) is 2.46. The van der Waals surface area contributed by atoms with Gasteiger partial charge in [-0.25, -0.2) is 4.98 Å². The van der Waals surface area contributed by atoms with Crippen molar-refractivity contribution < 1.29 is 0 Å². The third-order valence-corrected chi connectivity index (χ3v) is 2.20. The first-order valence-electron chi connectivity index (χ1n) is 3.83. The molecule has 0 saturated carbocycles. The Bertz CT molecular complexity index is 475. The summed E-state index contributed by atoms with van der Waals surface area (Å²) in [7, 11) is 0. The Morgan fingerprint density at radius 1 is 1.54 bits per heavy atom. The van der Waals surface area contributed by atoms with Crippen molar-refractivity contribution in [2.24, 2.45) is 0 Å². The molecule has 0 radical (unpaired) electrons. The van der Waals surface area contributed by atoms with E-state index in [9.17, 15) is 0 Å². The van der Waals surface area contributed by atoms with Gasteiger partial charge in [0.05, 0.1) is 11.0 Å². The quantitative estimate of drug-likeness (QED) is 0.579. The van der Waals surface area contributed by atoms with Gasteiger partial charge in [-0.3, -0.25) is 0 Å². The Morgan fingerprint density at radius 3 is 3.00 bits per heavy atom. The fourth-order valence-electron chi connectivity index (χ4n) is 1.22. The fourth-order valence-corrected chi connectivity index (χ4v) is 1.40. The number of fused-ring (bicyclic) bond motifs is 1. The van der Waals surface area contributed by atoms with Gasteiger partial charge in [-0.05, 0) is 24.6 Å². The number of H-pyrrole nitrogens is 1. The first kappa shape index (κ1) is 8.66. The van der Waals surface area contributed by atoms with E-state index < -0.39 is 0 Å². The van der Waals surface area contributed by atoms with Crippen LogP contribution in [0, 0.1) is 6.92 Å². The van der Waals surface area contributed by atoms with Crippen molar-refractivity contribution in [2.45, 2.75) is 6.92 Å². The molecule has 0 unspecified atom stereocenters. The molecule has 2 rings (SSSR count). The molecule has 2 nitrogen and oxygen atoms in total. The molecule has 0 atom stereocenters. The molecule has 2 aromatic rings. The lowest BCUT2D eigenvalue weighted by atomic mass is 10.2. The van der Waals surface area contributed by atoms with Gasteiger partial charge < -0.3 is 4.98 Å². The summed E-state index contributed by atoms with van der Waals surface area (Å²) in [6.07, 6.45) is 0. The van der Waals surface area contributed by atoms with Crippen LogP contribution >= 0.6 is 23.8 Å². The Morgan fingerprint density at radius 2 is 2.31 bits per heavy atom. The molecule has 1 heterocycles. The number of nitrogens with zero attached hydrogens (tertiary/aromatic N) is 1. The van der Waals surface area contributed by atoms with Crippen LogP contribution in [0.2, 0.25) is 0 Å². The van der Waals surface area contributed by atoms with Crippen molar-refractivity contribution in [2.75, 3.05) is 0 Å². The van der Waals surface area contributed by atoms with Gasteiger partial charge >= 0.3 is 0 Å². The predicted molar refractivity (Wildman–Crippen MR) is 58.4 cm³/mol. The van der Waals surface area contributed by atoms with Crippen LogP contribution in [-0.4, -0.2) is 14.3 Å². The molecule has 0 aliphatic heterocycles. The maximum absolute atomic E-state index is 5.65. The predicted octanol–water partition coefficient (Wildman–Crippen LogP) is 2.79. The first-order chi connectivity index (χ1) is 6.16. The lowest BCUT2D eigenvalue weighted by Gasteiger charge is -1.89. The minimum Gasteiger partial charge on any atom is -0.336 e. The molecule has 1 N–H and O–H groups in total. The molecule has 0 spiro atoms. The third-order valence-electron chi connectivity index (χ3n) is 1.82. The van der Waals surface area contributed by atoms with Crippen molar-refractivity contribution in [1.29, 1.82) is 0 Å². The first-order valence-corrected chi connectivity index (χ1v) is 4.61. The zero-order valence-electron chi connectivity index (χ0n) is 6.97. The molecule has 0 amide bonds. The van der Waals surface area contributed by atoms with E-state index in [-0.39, 0.29) is 4.32 Å². The van der Waals surface area contributed by atoms with Gasteiger partial charge in [0.2, 0.25) is 0 Å². The molecule has 13 heavy (non-hydrogen) atoms. The topological polar surface area (TPSA) is 28.7 Å². The standard InChI is InChI=1S/C9H7ClN2S/c1-5-2-3-6-7(4-5)12-9(11-6)8(10)13/h2-4H,1H3,(H,11,12). The fraction of sp³-hybridized carbons (Fsp3) is 0.111. The number of aryl methyl sites for hydroxylation is 1. The Hall–Kier alpha value is -0.930. The van der Waals surface area contributed by atoms with Gasteiger partial charge in [0.25, 0.3) is 0 Å². The maximum atomic E-state index is 5.65. The molecule has 66 valence electrons. The molecule has 4 heteroatoms. The van der Waals surface area contributed by atoms with Crippen molar-refractivity contribution >= 4 is 39.2 Å². The van der Waals surface area contributed by atoms with Gasteiger partial charge in [0, 0.05) is 0 Å². The van der Waals surface area contributed by atoms with Crippen molar-refractivity contribution in [3.63, 3.8) is 0 Å². The van der Waals surface area contributed by atoms with Crippen LogP contribution in [0.1, 0.15) is 11.4 Å². The molecule has 0 saturated heterocycles. The van der Waals surface area contributed by atoms with Gasteiger partial charge in [0.1, 0.15) is 4.32 Å². The largest absolute Gasteiger partial charge is 0.336 e. The summed E-state index contributed by atoms with van der Waals surface area (Å²) in [5.41, 5.74) is 3.05. The van der Waals surface area contributed by atoms with Crippen LogP contribution in [0.4, 0.5) is 0 Å². The van der Waals surface area contributed by atoms with Crippen LogP contribution in [0.5, 0.6) is 0 Å². The van der Waals surface area contributed by atoms with E-state index >= 15 is 0 Å². The second kappa shape index (κ2) is 3.09. The molecule has 0 bridgehead atoms. The number of benzene rings is 1. The number of imidazole rings is 1. The summed E-state index contributed by atoms with van der Waals surface area (Å²) in [6, 6.07) is 5.96. The Balaban J connectivity index is 2.68. The molecular weight excluding hydrogens is 204 g/mol. The lowest BCUT2D eigenvalue weighted by molar-refractivity contribution is 1.31. The minimum atomic E-state index is 0.272. The zero-order valence-corrected chi connectivity index (χ0v) is 8.54. The highest BCUT2D eigenvalue weighted by Crippen LogP contribution is 2.14. The van der Waals surface area contributed by atoms with E-state index in [1.165, 1.54) is 5.56 Å². The van der Waals surface area contributed by atoms with Gasteiger partial charge in [0.15, 0.2) is 5.82 Å². The molecular formula is C9H7ClN2S. The molecule has 0 aliphatic rings. The Kier molecular flexibility index (Phi) is 2.06. The van der Waals surface area contributed by atoms with Crippen LogP contribution in [-0.2, 0) is 0 Å². The third kappa shape index (κ3) is 1.57. The summed E-state index contributed by atoms with van der Waals surface area (Å²) in [4.78, 5) is 7.28. The number of aromatic nitrogens is 2. The SMILES string of the molecule is Cc1ccc2nc(C(=S)Cl)[nH]c2c1. The smallest absolute Gasteiger partial charge is 0.161 e. The highest BCUT2D eigenvalue weighted by Gasteiger charge is 2.04. The second-order valence-electron chi connectivity index (χ2n) is 2.88. The van der Waals surface area contributed by atoms with E-state index in [2.05, 4.69) is 9.97 Å². The van der Waals surface area contributed by atoms with Crippen molar-refractivity contribution in [1.82, 2.24) is 9.97 Å². The van der Waals surface area contributed by atoms with Crippen LogP contribution in [0.25, 0.3) is 11.0 Å². The molecule has 1 aromatic heterocycles. The summed E-state index contributed by atoms with van der Waals surface area (Å²) >= 11 is 10.5. The number of thiocarbonyl (C=S) groups is 1. The maximum Gasteiger partial charge on any atom is 0.161 e. The second-order valence-corrected chi connectivity index (χ2v) is 3.89. The van der Waals surface area contributed by atoms with Crippen LogP contribution in [0.3, 0.4) is 0 Å². The van der Waals surface area contributed by atoms with Crippen LogP contribution < -0.4 is 0 Å². The van der Waals surface area contributed by atoms with Crippen molar-refractivity contribution in [3.8, 4) is 0 Å². The van der Waals surface area contributed by atoms with E-state index in [1.54, 1.807) is 0 Å². The molecule has 1 aromatic carbocycles. The summed E-state index contributed by atoms with van der Waals surface area (Å²) < 4.78 is 0.272. The average molecular weight is 211 g/mol. The van der Waals surface area contributed by atoms with E-state index in [4.69, 9.17) is 23.8 Å². The van der Waals surface area contributed by atoms with Gasteiger partial charge in [-0.15, -0.1) is 0 Å². The number of aromatic amines is 1.